The summed E-state index contributed by atoms with van der Waals surface area (Å²) in [5, 5.41) is 5.52. The highest BCUT2D eigenvalue weighted by Gasteiger charge is 2.12. The molecule has 0 aliphatic rings. The number of halogens is 1. The molecule has 30 heavy (non-hydrogen) atoms. The van der Waals surface area contributed by atoms with E-state index in [1.54, 1.807) is 30.7 Å². The fraction of sp³-hybridized carbons (Fsp3) is 0.0870. The number of amides is 1. The molecule has 0 atom stereocenters. The lowest BCUT2D eigenvalue weighted by molar-refractivity contribution is -0.113. The quantitative estimate of drug-likeness (QED) is 0.383. The average molecular weight is 436 g/mol. The Morgan fingerprint density at radius 3 is 2.63 bits per heavy atom. The van der Waals surface area contributed by atoms with Gasteiger partial charge in [-0.15, -0.1) is 11.8 Å². The molecule has 0 unspecified atom stereocenters. The summed E-state index contributed by atoms with van der Waals surface area (Å²) in [5.41, 5.74) is 0.981. The fourth-order valence-electron chi connectivity index (χ4n) is 2.93. The fourth-order valence-corrected chi connectivity index (χ4v) is 4.18. The Balaban J connectivity index is 1.42. The van der Waals surface area contributed by atoms with Crippen LogP contribution in [-0.4, -0.2) is 21.6 Å². The topological polar surface area (TPSA) is 64.1 Å². The number of carbonyl (C=O) groups is 1. The summed E-state index contributed by atoms with van der Waals surface area (Å²) in [5.74, 6) is 0.968. The summed E-state index contributed by atoms with van der Waals surface area (Å²) in [6.07, 6.45) is 5.04. The Labute approximate surface area is 183 Å². The zero-order valence-electron chi connectivity index (χ0n) is 15.9. The van der Waals surface area contributed by atoms with Gasteiger partial charge in [-0.1, -0.05) is 35.9 Å². The van der Waals surface area contributed by atoms with Gasteiger partial charge < -0.3 is 10.1 Å². The third kappa shape index (κ3) is 4.90. The molecule has 0 saturated heterocycles. The molecule has 0 fully saturated rings. The Hall–Kier alpha value is -3.09. The van der Waals surface area contributed by atoms with E-state index in [-0.39, 0.29) is 11.7 Å². The summed E-state index contributed by atoms with van der Waals surface area (Å²) in [6.45, 7) is 0.361. The predicted octanol–water partition coefficient (Wildman–Crippen LogP) is 5.59. The minimum atomic E-state index is -0.170. The van der Waals surface area contributed by atoms with E-state index in [2.05, 4.69) is 15.3 Å². The third-order valence-corrected chi connectivity index (χ3v) is 5.72. The van der Waals surface area contributed by atoms with Crippen LogP contribution in [0, 0.1) is 0 Å². The van der Waals surface area contributed by atoms with E-state index in [9.17, 15) is 4.79 Å². The van der Waals surface area contributed by atoms with Gasteiger partial charge in [0, 0.05) is 33.9 Å². The predicted molar refractivity (Wildman–Crippen MR) is 121 cm³/mol. The molecule has 0 bridgehead atoms. The molecular weight excluding hydrogens is 418 g/mol. The van der Waals surface area contributed by atoms with Crippen LogP contribution in [0.3, 0.4) is 0 Å². The van der Waals surface area contributed by atoms with Gasteiger partial charge in [0.15, 0.2) is 11.6 Å². The molecule has 0 saturated carbocycles. The second-order valence-electron chi connectivity index (χ2n) is 6.43. The number of pyridine rings is 2. The lowest BCUT2D eigenvalue weighted by atomic mass is 10.1. The molecule has 5 nitrogen and oxygen atoms in total. The molecule has 1 amide bonds. The van der Waals surface area contributed by atoms with Crippen LogP contribution in [0.25, 0.3) is 10.8 Å². The number of anilines is 1. The van der Waals surface area contributed by atoms with Gasteiger partial charge in [0.1, 0.15) is 6.61 Å². The highest BCUT2D eigenvalue weighted by atomic mass is 35.5. The molecule has 0 spiro atoms. The second-order valence-corrected chi connectivity index (χ2v) is 7.85. The number of hydrogen-bond donors (Lipinski definition) is 1. The van der Waals surface area contributed by atoms with Gasteiger partial charge in [-0.05, 0) is 47.3 Å². The number of rotatable bonds is 7. The summed E-state index contributed by atoms with van der Waals surface area (Å²) < 4.78 is 5.83. The van der Waals surface area contributed by atoms with E-state index in [1.807, 2.05) is 48.5 Å². The summed E-state index contributed by atoms with van der Waals surface area (Å²) in [6, 6.07) is 19.0. The van der Waals surface area contributed by atoms with Crippen molar-refractivity contribution in [1.82, 2.24) is 9.97 Å². The minimum absolute atomic E-state index is 0.170. The average Bonchev–Trinajstić information content (AvgIpc) is 2.78. The van der Waals surface area contributed by atoms with Gasteiger partial charge in [-0.25, -0.2) is 4.98 Å². The Bertz CT molecular complexity index is 1170. The molecule has 150 valence electrons. The Morgan fingerprint density at radius 1 is 1.00 bits per heavy atom. The van der Waals surface area contributed by atoms with E-state index >= 15 is 0 Å². The lowest BCUT2D eigenvalue weighted by Gasteiger charge is -2.12. The maximum absolute atomic E-state index is 12.6. The molecule has 7 heteroatoms. The number of carbonyl (C=O) groups excluding carboxylic acids is 1. The summed E-state index contributed by atoms with van der Waals surface area (Å²) in [7, 11) is 0. The lowest BCUT2D eigenvalue weighted by Crippen LogP contribution is -2.16. The largest absolute Gasteiger partial charge is 0.485 e. The van der Waals surface area contributed by atoms with Crippen LogP contribution in [-0.2, 0) is 11.4 Å². The zero-order valence-corrected chi connectivity index (χ0v) is 17.5. The molecule has 0 aliphatic carbocycles. The van der Waals surface area contributed by atoms with Crippen LogP contribution < -0.4 is 10.1 Å². The van der Waals surface area contributed by atoms with Crippen molar-refractivity contribution in [2.75, 3.05) is 11.1 Å². The molecule has 0 radical (unpaired) electrons. The number of thioether (sulfide) groups is 1. The van der Waals surface area contributed by atoms with E-state index in [1.165, 1.54) is 11.8 Å². The van der Waals surface area contributed by atoms with E-state index in [4.69, 9.17) is 16.3 Å². The van der Waals surface area contributed by atoms with Gasteiger partial charge in [0.05, 0.1) is 5.75 Å². The van der Waals surface area contributed by atoms with E-state index in [0.29, 0.717) is 23.2 Å². The molecule has 1 N–H and O–H groups in total. The van der Waals surface area contributed by atoms with E-state index < -0.39 is 0 Å². The van der Waals surface area contributed by atoms with Gasteiger partial charge in [0.2, 0.25) is 5.91 Å². The maximum Gasteiger partial charge on any atom is 0.235 e. The van der Waals surface area contributed by atoms with Crippen molar-refractivity contribution in [1.29, 1.82) is 0 Å². The SMILES string of the molecule is O=C(CSc1cccc2cccc(Cl)c12)Nc1ncccc1OCc1ccncc1. The monoisotopic (exact) mass is 435 g/mol. The number of nitrogens with zero attached hydrogens (tertiary/aromatic N) is 2. The van der Waals surface area contributed by atoms with Crippen LogP contribution in [0.15, 0.2) is 84.1 Å². The molecular formula is C23H18ClN3O2S. The summed E-state index contributed by atoms with van der Waals surface area (Å²) >= 11 is 7.80. The van der Waals surface area contributed by atoms with Crippen molar-refractivity contribution in [2.45, 2.75) is 11.5 Å². The first-order chi connectivity index (χ1) is 14.7. The van der Waals surface area contributed by atoms with Crippen LogP contribution in [0.4, 0.5) is 5.82 Å². The van der Waals surface area contributed by atoms with Gasteiger partial charge in [0.25, 0.3) is 0 Å². The van der Waals surface area contributed by atoms with Crippen LogP contribution >= 0.6 is 23.4 Å². The molecule has 0 aliphatic heterocycles. The number of fused-ring (bicyclic) bond motifs is 1. The minimum Gasteiger partial charge on any atom is -0.485 e. The van der Waals surface area contributed by atoms with Crippen molar-refractivity contribution >= 4 is 45.9 Å². The number of benzene rings is 2. The molecule has 2 aromatic heterocycles. The van der Waals surface area contributed by atoms with Crippen molar-refractivity contribution in [2.24, 2.45) is 0 Å². The van der Waals surface area contributed by atoms with Gasteiger partial charge >= 0.3 is 0 Å². The molecule has 4 aromatic rings. The Morgan fingerprint density at radius 2 is 1.80 bits per heavy atom. The highest BCUT2D eigenvalue weighted by Crippen LogP contribution is 2.33. The Kier molecular flexibility index (Phi) is 6.47. The smallest absolute Gasteiger partial charge is 0.235 e. The van der Waals surface area contributed by atoms with Crippen molar-refractivity contribution in [3.05, 3.63) is 89.8 Å². The standard InChI is InChI=1S/C23H18ClN3O2S/c24-18-6-1-4-17-5-2-8-20(22(17)18)30-15-21(28)27-23-19(7-3-11-26-23)29-14-16-9-12-25-13-10-16/h1-13H,14-15H2,(H,26,27,28). The van der Waals surface area contributed by atoms with Gasteiger partial charge in [-0.3, -0.25) is 9.78 Å². The number of hydrogen-bond acceptors (Lipinski definition) is 5. The first kappa shape index (κ1) is 20.2. The third-order valence-electron chi connectivity index (χ3n) is 4.35. The van der Waals surface area contributed by atoms with Crippen LogP contribution in [0.1, 0.15) is 5.56 Å². The van der Waals surface area contributed by atoms with Crippen LogP contribution in [0.2, 0.25) is 5.02 Å². The van der Waals surface area contributed by atoms with Crippen LogP contribution in [0.5, 0.6) is 5.75 Å². The van der Waals surface area contributed by atoms with Crippen molar-refractivity contribution < 1.29 is 9.53 Å². The second kappa shape index (κ2) is 9.61. The van der Waals surface area contributed by atoms with Crippen molar-refractivity contribution in [3.8, 4) is 5.75 Å². The van der Waals surface area contributed by atoms with Crippen molar-refractivity contribution in [3.63, 3.8) is 0 Å². The summed E-state index contributed by atoms with van der Waals surface area (Å²) in [4.78, 5) is 21.8. The van der Waals surface area contributed by atoms with E-state index in [0.717, 1.165) is 21.2 Å². The zero-order chi connectivity index (χ0) is 20.8. The molecule has 2 heterocycles. The molecule has 4 rings (SSSR count). The number of ether oxygens (including phenoxy) is 1. The normalized spacial score (nSPS) is 10.7. The number of nitrogens with one attached hydrogen (secondary N) is 1. The molecule has 2 aromatic carbocycles. The highest BCUT2D eigenvalue weighted by molar-refractivity contribution is 8.00. The first-order valence-corrected chi connectivity index (χ1v) is 10.6. The van der Waals surface area contributed by atoms with Gasteiger partial charge in [-0.2, -0.15) is 0 Å². The maximum atomic E-state index is 12.6. The number of aromatic nitrogens is 2. The first-order valence-electron chi connectivity index (χ1n) is 9.27.